The summed E-state index contributed by atoms with van der Waals surface area (Å²) in [6, 6.07) is 9.89. The Morgan fingerprint density at radius 1 is 1.11 bits per heavy atom. The number of nitrogens with zero attached hydrogens (tertiary/aromatic N) is 3. The highest BCUT2D eigenvalue weighted by atomic mass is 32.1. The third-order valence-corrected chi connectivity index (χ3v) is 5.20. The van der Waals surface area contributed by atoms with Crippen molar-refractivity contribution in [2.24, 2.45) is 5.92 Å². The van der Waals surface area contributed by atoms with Crippen molar-refractivity contribution in [1.82, 2.24) is 15.0 Å². The van der Waals surface area contributed by atoms with E-state index in [1.54, 1.807) is 12.5 Å². The van der Waals surface area contributed by atoms with Crippen molar-refractivity contribution in [3.63, 3.8) is 0 Å². The maximum Gasteiger partial charge on any atom is 0.141 e. The average molecular weight is 397 g/mol. The molecule has 0 saturated carbocycles. The van der Waals surface area contributed by atoms with Crippen LogP contribution < -0.4 is 5.32 Å². The zero-order valence-corrected chi connectivity index (χ0v) is 17.6. The van der Waals surface area contributed by atoms with Crippen LogP contribution in [-0.4, -0.2) is 27.7 Å². The first-order valence-corrected chi connectivity index (χ1v) is 10.3. The van der Waals surface area contributed by atoms with Gasteiger partial charge in [0.1, 0.15) is 12.1 Å². The summed E-state index contributed by atoms with van der Waals surface area (Å²) in [6.45, 7) is 7.29. The maximum atomic E-state index is 5.97. The molecule has 0 bridgehead atoms. The number of ether oxygens (including phenoxy) is 1. The minimum Gasteiger partial charge on any atom is -0.378 e. The van der Waals surface area contributed by atoms with E-state index in [0.717, 1.165) is 45.8 Å². The number of hydrogen-bond donors (Lipinski definition) is 2. The number of fused-ring (bicyclic) bond motifs is 1. The van der Waals surface area contributed by atoms with Crippen molar-refractivity contribution >= 4 is 35.0 Å². The van der Waals surface area contributed by atoms with Gasteiger partial charge in [0.05, 0.1) is 24.4 Å². The molecule has 0 amide bonds. The van der Waals surface area contributed by atoms with E-state index >= 15 is 0 Å². The number of nitrogens with one attached hydrogen (secondary N) is 1. The first kappa shape index (κ1) is 20.6. The highest BCUT2D eigenvalue weighted by Gasteiger charge is 2.09. The van der Waals surface area contributed by atoms with E-state index in [1.165, 1.54) is 6.42 Å². The third-order valence-electron chi connectivity index (χ3n) is 4.90. The lowest BCUT2D eigenvalue weighted by Gasteiger charge is -2.16. The predicted molar refractivity (Wildman–Crippen MR) is 117 cm³/mol. The second-order valence-corrected chi connectivity index (χ2v) is 7.78. The summed E-state index contributed by atoms with van der Waals surface area (Å²) in [6.07, 6.45) is 6.67. The van der Waals surface area contributed by atoms with Gasteiger partial charge in [-0.05, 0) is 49.6 Å². The van der Waals surface area contributed by atoms with Crippen LogP contribution in [0.1, 0.15) is 39.3 Å². The molecule has 0 fully saturated rings. The van der Waals surface area contributed by atoms with Crippen molar-refractivity contribution in [3.8, 4) is 0 Å². The van der Waals surface area contributed by atoms with Gasteiger partial charge in [-0.25, -0.2) is 9.97 Å². The second kappa shape index (κ2) is 9.85. The average Bonchev–Trinajstić information content (AvgIpc) is 2.70. The van der Waals surface area contributed by atoms with Crippen LogP contribution in [-0.2, 0) is 11.2 Å². The van der Waals surface area contributed by atoms with Crippen LogP contribution in [0.5, 0.6) is 0 Å². The van der Waals surface area contributed by atoms with Gasteiger partial charge in [0.25, 0.3) is 0 Å². The Morgan fingerprint density at radius 2 is 1.89 bits per heavy atom. The van der Waals surface area contributed by atoms with Crippen LogP contribution in [0, 0.1) is 5.92 Å². The Bertz CT molecular complexity index is 901. The smallest absolute Gasteiger partial charge is 0.141 e. The molecule has 6 heteroatoms. The predicted octanol–water partition coefficient (Wildman–Crippen LogP) is 5.44. The van der Waals surface area contributed by atoms with E-state index < -0.39 is 0 Å². The van der Waals surface area contributed by atoms with E-state index in [0.29, 0.717) is 12.5 Å². The SMILES string of the molecule is CC[C@@H](C)CC(C)OCCc1cc2c(Nc3ccc(S)cc3)ncnc2cn1. The molecule has 3 rings (SSSR count). The first-order valence-electron chi connectivity index (χ1n) is 9.82. The second-order valence-electron chi connectivity index (χ2n) is 7.27. The molecule has 148 valence electrons. The van der Waals surface area contributed by atoms with Crippen molar-refractivity contribution < 1.29 is 4.74 Å². The maximum absolute atomic E-state index is 5.97. The summed E-state index contributed by atoms with van der Waals surface area (Å²) >= 11 is 4.33. The van der Waals surface area contributed by atoms with Crippen molar-refractivity contribution in [2.45, 2.75) is 51.0 Å². The molecule has 0 aliphatic heterocycles. The van der Waals surface area contributed by atoms with Gasteiger partial charge in [0.2, 0.25) is 0 Å². The van der Waals surface area contributed by atoms with Crippen LogP contribution in [0.3, 0.4) is 0 Å². The van der Waals surface area contributed by atoms with Gasteiger partial charge < -0.3 is 10.1 Å². The van der Waals surface area contributed by atoms with Crippen molar-refractivity contribution in [1.29, 1.82) is 0 Å². The zero-order valence-electron chi connectivity index (χ0n) is 16.7. The Kier molecular flexibility index (Phi) is 7.23. The van der Waals surface area contributed by atoms with E-state index in [4.69, 9.17) is 4.74 Å². The topological polar surface area (TPSA) is 59.9 Å². The fraction of sp³-hybridized carbons (Fsp3) is 0.409. The quantitative estimate of drug-likeness (QED) is 0.472. The lowest BCUT2D eigenvalue weighted by Crippen LogP contribution is -2.14. The van der Waals surface area contributed by atoms with E-state index in [2.05, 4.69) is 53.7 Å². The number of thiol groups is 1. The summed E-state index contributed by atoms with van der Waals surface area (Å²) in [7, 11) is 0. The zero-order chi connectivity index (χ0) is 19.9. The van der Waals surface area contributed by atoms with E-state index in [1.807, 2.05) is 30.3 Å². The third kappa shape index (κ3) is 5.66. The monoisotopic (exact) mass is 396 g/mol. The summed E-state index contributed by atoms with van der Waals surface area (Å²) < 4.78 is 5.97. The van der Waals surface area contributed by atoms with Crippen molar-refractivity contribution in [3.05, 3.63) is 48.5 Å². The number of benzene rings is 1. The molecule has 0 saturated heterocycles. The molecule has 1 aromatic carbocycles. The summed E-state index contributed by atoms with van der Waals surface area (Å²) in [5.41, 5.74) is 2.75. The van der Waals surface area contributed by atoms with Crippen molar-refractivity contribution in [2.75, 3.05) is 11.9 Å². The molecular weight excluding hydrogens is 368 g/mol. The van der Waals surface area contributed by atoms with Gasteiger partial charge in [-0.2, -0.15) is 0 Å². The van der Waals surface area contributed by atoms with Gasteiger partial charge >= 0.3 is 0 Å². The normalized spacial score (nSPS) is 13.4. The summed E-state index contributed by atoms with van der Waals surface area (Å²) in [5.74, 6) is 1.46. The Labute approximate surface area is 172 Å². The molecule has 2 atom stereocenters. The number of anilines is 2. The molecule has 0 aliphatic carbocycles. The van der Waals surface area contributed by atoms with Crippen LogP contribution in [0.15, 0.2) is 47.8 Å². The van der Waals surface area contributed by atoms with Crippen LogP contribution in [0.25, 0.3) is 10.9 Å². The Hall–Kier alpha value is -2.18. The van der Waals surface area contributed by atoms with Gasteiger partial charge in [0.15, 0.2) is 0 Å². The first-order chi connectivity index (χ1) is 13.5. The Morgan fingerprint density at radius 3 is 2.64 bits per heavy atom. The molecule has 28 heavy (non-hydrogen) atoms. The minimum absolute atomic E-state index is 0.269. The number of pyridine rings is 1. The molecule has 0 spiro atoms. The fourth-order valence-electron chi connectivity index (χ4n) is 3.09. The van der Waals surface area contributed by atoms with Gasteiger partial charge in [-0.3, -0.25) is 4.98 Å². The minimum atomic E-state index is 0.269. The highest BCUT2D eigenvalue weighted by molar-refractivity contribution is 7.80. The molecule has 5 nitrogen and oxygen atoms in total. The number of rotatable bonds is 9. The molecule has 0 radical (unpaired) electrons. The van der Waals surface area contributed by atoms with Crippen LogP contribution in [0.4, 0.5) is 11.5 Å². The standard InChI is InChI=1S/C22H28N4OS/c1-4-15(2)11-16(3)27-10-9-18-12-20-21(13-23-18)24-14-25-22(20)26-17-5-7-19(28)8-6-17/h5-8,12-16,28H,4,9-11H2,1-3H3,(H,24,25,26)/t15-,16?/m1/s1. The molecule has 2 heterocycles. The molecule has 1 N–H and O–H groups in total. The van der Waals surface area contributed by atoms with Crippen LogP contribution in [0.2, 0.25) is 0 Å². The summed E-state index contributed by atoms with van der Waals surface area (Å²) in [4.78, 5) is 14.2. The largest absolute Gasteiger partial charge is 0.378 e. The van der Waals surface area contributed by atoms with E-state index in [-0.39, 0.29) is 6.10 Å². The molecule has 3 aromatic rings. The molecule has 1 unspecified atom stereocenters. The number of hydrogen-bond acceptors (Lipinski definition) is 6. The van der Waals surface area contributed by atoms with Crippen LogP contribution >= 0.6 is 12.6 Å². The van der Waals surface area contributed by atoms with E-state index in [9.17, 15) is 0 Å². The lowest BCUT2D eigenvalue weighted by molar-refractivity contribution is 0.0517. The van der Waals surface area contributed by atoms with Gasteiger partial charge in [-0.1, -0.05) is 20.3 Å². The summed E-state index contributed by atoms with van der Waals surface area (Å²) in [5, 5.41) is 4.31. The lowest BCUT2D eigenvalue weighted by atomic mass is 10.0. The van der Waals surface area contributed by atoms with Gasteiger partial charge in [0, 0.05) is 28.1 Å². The number of aromatic nitrogens is 3. The fourth-order valence-corrected chi connectivity index (χ4v) is 3.24. The Balaban J connectivity index is 1.69. The highest BCUT2D eigenvalue weighted by Crippen LogP contribution is 2.24. The van der Waals surface area contributed by atoms with Gasteiger partial charge in [-0.15, -0.1) is 12.6 Å². The molecule has 0 aliphatic rings. The molecular formula is C22H28N4OS. The molecule has 2 aromatic heterocycles.